The van der Waals surface area contributed by atoms with Gasteiger partial charge in [-0.25, -0.2) is 4.98 Å². The molecule has 6 nitrogen and oxygen atoms in total. The van der Waals surface area contributed by atoms with E-state index < -0.39 is 5.91 Å². The van der Waals surface area contributed by atoms with E-state index >= 15 is 0 Å². The first-order valence-corrected chi connectivity index (χ1v) is 8.42. The van der Waals surface area contributed by atoms with Crippen molar-refractivity contribution < 1.29 is 14.3 Å². The minimum Gasteiger partial charge on any atom is -0.493 e. The molecule has 3 aromatic rings. The first kappa shape index (κ1) is 18.3. The monoisotopic (exact) mass is 363 g/mol. The van der Waals surface area contributed by atoms with Gasteiger partial charge in [-0.3, -0.25) is 4.79 Å². The molecule has 0 aliphatic rings. The lowest BCUT2D eigenvalue weighted by molar-refractivity contribution is 0.100. The molecule has 0 fully saturated rings. The molecule has 0 saturated carbocycles. The Hall–Kier alpha value is -3.54. The molecule has 0 bridgehead atoms. The van der Waals surface area contributed by atoms with E-state index in [1.54, 1.807) is 38.6 Å². The minimum atomic E-state index is -0.458. The van der Waals surface area contributed by atoms with Crippen molar-refractivity contribution in [2.24, 2.45) is 5.73 Å². The average molecular weight is 363 g/mol. The summed E-state index contributed by atoms with van der Waals surface area (Å²) in [6, 6.07) is 16.7. The van der Waals surface area contributed by atoms with Gasteiger partial charge in [0.2, 0.25) is 5.91 Å². The predicted octanol–water partition coefficient (Wildman–Crippen LogP) is 3.48. The fraction of sp³-hybridized carbons (Fsp3) is 0.143. The lowest BCUT2D eigenvalue weighted by atomic mass is 10.0. The second-order valence-electron chi connectivity index (χ2n) is 5.89. The Morgan fingerprint density at radius 1 is 1.04 bits per heavy atom. The molecule has 0 aliphatic heterocycles. The van der Waals surface area contributed by atoms with Crippen molar-refractivity contribution in [3.63, 3.8) is 0 Å². The van der Waals surface area contributed by atoms with Gasteiger partial charge in [0.25, 0.3) is 0 Å². The SMILES string of the molecule is COc1ccc(CNc2ncccc2-c2cccc(C(N)=O)c2)cc1OC. The van der Waals surface area contributed by atoms with Gasteiger partial charge in [0, 0.05) is 23.9 Å². The molecular formula is C21H21N3O3. The third kappa shape index (κ3) is 4.17. The summed E-state index contributed by atoms with van der Waals surface area (Å²) in [6.45, 7) is 0.555. The third-order valence-corrected chi connectivity index (χ3v) is 4.17. The number of rotatable bonds is 7. The van der Waals surface area contributed by atoms with Crippen molar-refractivity contribution in [3.05, 3.63) is 71.9 Å². The number of nitrogens with zero attached hydrogens (tertiary/aromatic N) is 1. The van der Waals surface area contributed by atoms with Crippen LogP contribution >= 0.6 is 0 Å². The number of pyridine rings is 1. The number of carbonyl (C=O) groups is 1. The summed E-state index contributed by atoms with van der Waals surface area (Å²) in [6.07, 6.45) is 1.72. The van der Waals surface area contributed by atoms with Gasteiger partial charge in [-0.05, 0) is 47.5 Å². The molecule has 138 valence electrons. The zero-order valence-electron chi connectivity index (χ0n) is 15.2. The lowest BCUT2D eigenvalue weighted by Crippen LogP contribution is -2.10. The maximum absolute atomic E-state index is 11.5. The molecule has 3 N–H and O–H groups in total. The molecular weight excluding hydrogens is 342 g/mol. The topological polar surface area (TPSA) is 86.5 Å². The number of carbonyl (C=O) groups excluding carboxylic acids is 1. The number of benzene rings is 2. The normalized spacial score (nSPS) is 10.3. The van der Waals surface area contributed by atoms with Crippen molar-refractivity contribution in [2.45, 2.75) is 6.54 Å². The van der Waals surface area contributed by atoms with Crippen LogP contribution in [-0.2, 0) is 6.54 Å². The first-order chi connectivity index (χ1) is 13.1. The Morgan fingerprint density at radius 2 is 1.85 bits per heavy atom. The maximum atomic E-state index is 11.5. The Bertz CT molecular complexity index is 957. The molecule has 6 heteroatoms. The maximum Gasteiger partial charge on any atom is 0.248 e. The van der Waals surface area contributed by atoms with Crippen LogP contribution in [0, 0.1) is 0 Å². The minimum absolute atomic E-state index is 0.458. The molecule has 0 saturated heterocycles. The fourth-order valence-corrected chi connectivity index (χ4v) is 2.80. The molecule has 0 atom stereocenters. The number of amides is 1. The second kappa shape index (κ2) is 8.23. The number of nitrogens with two attached hydrogens (primary N) is 1. The molecule has 0 radical (unpaired) electrons. The van der Waals surface area contributed by atoms with Gasteiger partial charge in [-0.2, -0.15) is 0 Å². The molecule has 0 unspecified atom stereocenters. The van der Waals surface area contributed by atoms with Crippen molar-refractivity contribution in [1.29, 1.82) is 0 Å². The summed E-state index contributed by atoms with van der Waals surface area (Å²) in [7, 11) is 3.22. The van der Waals surface area contributed by atoms with E-state index in [0.29, 0.717) is 29.4 Å². The van der Waals surface area contributed by atoms with Crippen LogP contribution in [0.4, 0.5) is 5.82 Å². The van der Waals surface area contributed by atoms with E-state index in [1.807, 2.05) is 36.4 Å². The first-order valence-electron chi connectivity index (χ1n) is 8.42. The van der Waals surface area contributed by atoms with E-state index in [2.05, 4.69) is 10.3 Å². The molecule has 1 amide bonds. The van der Waals surface area contributed by atoms with Crippen LogP contribution in [0.25, 0.3) is 11.1 Å². The van der Waals surface area contributed by atoms with E-state index in [9.17, 15) is 4.79 Å². The van der Waals surface area contributed by atoms with Crippen molar-refractivity contribution >= 4 is 11.7 Å². The highest BCUT2D eigenvalue weighted by Gasteiger charge is 2.10. The molecule has 27 heavy (non-hydrogen) atoms. The third-order valence-electron chi connectivity index (χ3n) is 4.17. The average Bonchev–Trinajstić information content (AvgIpc) is 2.72. The zero-order valence-corrected chi connectivity index (χ0v) is 15.2. The van der Waals surface area contributed by atoms with Crippen LogP contribution in [0.1, 0.15) is 15.9 Å². The standard InChI is InChI=1S/C21H21N3O3/c1-26-18-9-8-14(11-19(18)27-2)13-24-21-17(7-4-10-23-21)15-5-3-6-16(12-15)20(22)25/h3-12H,13H2,1-2H3,(H2,22,25)(H,23,24). The fourth-order valence-electron chi connectivity index (χ4n) is 2.80. The summed E-state index contributed by atoms with van der Waals surface area (Å²) >= 11 is 0. The predicted molar refractivity (Wildman–Crippen MR) is 105 cm³/mol. The van der Waals surface area contributed by atoms with Crippen molar-refractivity contribution in [3.8, 4) is 22.6 Å². The van der Waals surface area contributed by atoms with Gasteiger partial charge in [-0.15, -0.1) is 0 Å². The molecule has 2 aromatic carbocycles. The van der Waals surface area contributed by atoms with Crippen LogP contribution in [0.2, 0.25) is 0 Å². The van der Waals surface area contributed by atoms with E-state index in [4.69, 9.17) is 15.2 Å². The van der Waals surface area contributed by atoms with Crippen molar-refractivity contribution in [1.82, 2.24) is 4.98 Å². The van der Waals surface area contributed by atoms with Crippen LogP contribution in [-0.4, -0.2) is 25.1 Å². The number of ether oxygens (including phenoxy) is 2. The highest BCUT2D eigenvalue weighted by Crippen LogP contribution is 2.29. The summed E-state index contributed by atoms with van der Waals surface area (Å²) in [5, 5.41) is 3.34. The van der Waals surface area contributed by atoms with Crippen LogP contribution in [0.15, 0.2) is 60.8 Å². The quantitative estimate of drug-likeness (QED) is 0.671. The largest absolute Gasteiger partial charge is 0.493 e. The highest BCUT2D eigenvalue weighted by molar-refractivity contribution is 5.94. The molecule has 0 aliphatic carbocycles. The lowest BCUT2D eigenvalue weighted by Gasteiger charge is -2.13. The zero-order chi connectivity index (χ0) is 19.2. The van der Waals surface area contributed by atoms with Gasteiger partial charge in [0.05, 0.1) is 14.2 Å². The van der Waals surface area contributed by atoms with Crippen molar-refractivity contribution in [2.75, 3.05) is 19.5 Å². The van der Waals surface area contributed by atoms with Crippen LogP contribution in [0.3, 0.4) is 0 Å². The smallest absolute Gasteiger partial charge is 0.248 e. The molecule has 1 aromatic heterocycles. The Balaban J connectivity index is 1.85. The van der Waals surface area contributed by atoms with Gasteiger partial charge >= 0.3 is 0 Å². The summed E-state index contributed by atoms with van der Waals surface area (Å²) in [5.41, 5.74) is 8.64. The Morgan fingerprint density at radius 3 is 2.59 bits per heavy atom. The molecule has 3 rings (SSSR count). The molecule has 1 heterocycles. The van der Waals surface area contributed by atoms with Gasteiger partial charge in [0.1, 0.15) is 5.82 Å². The number of hydrogen-bond donors (Lipinski definition) is 2. The Kier molecular flexibility index (Phi) is 5.56. The summed E-state index contributed by atoms with van der Waals surface area (Å²) in [4.78, 5) is 15.9. The van der Waals surface area contributed by atoms with Crippen LogP contribution in [0.5, 0.6) is 11.5 Å². The number of hydrogen-bond acceptors (Lipinski definition) is 5. The van der Waals surface area contributed by atoms with E-state index in [1.165, 1.54) is 0 Å². The van der Waals surface area contributed by atoms with E-state index in [-0.39, 0.29) is 0 Å². The van der Waals surface area contributed by atoms with Gasteiger partial charge < -0.3 is 20.5 Å². The number of nitrogens with one attached hydrogen (secondary N) is 1. The number of anilines is 1. The summed E-state index contributed by atoms with van der Waals surface area (Å²) in [5.74, 6) is 1.62. The Labute approximate surface area is 158 Å². The summed E-state index contributed by atoms with van der Waals surface area (Å²) < 4.78 is 10.6. The van der Waals surface area contributed by atoms with Gasteiger partial charge in [-0.1, -0.05) is 18.2 Å². The number of methoxy groups -OCH3 is 2. The molecule has 0 spiro atoms. The number of aromatic nitrogens is 1. The number of primary amides is 1. The van der Waals surface area contributed by atoms with E-state index in [0.717, 1.165) is 16.7 Å². The second-order valence-corrected chi connectivity index (χ2v) is 5.89. The highest BCUT2D eigenvalue weighted by atomic mass is 16.5. The van der Waals surface area contributed by atoms with Gasteiger partial charge in [0.15, 0.2) is 11.5 Å². The van der Waals surface area contributed by atoms with Crippen LogP contribution < -0.4 is 20.5 Å².